The van der Waals surface area contributed by atoms with Crippen molar-refractivity contribution in [1.29, 1.82) is 0 Å². The maximum Gasteiger partial charge on any atom is 0.282 e. The predicted molar refractivity (Wildman–Crippen MR) is 118 cm³/mol. The lowest BCUT2D eigenvalue weighted by Gasteiger charge is -2.18. The number of amides is 2. The summed E-state index contributed by atoms with van der Waals surface area (Å²) in [6.45, 7) is 4.04. The molecule has 3 aromatic rings. The highest BCUT2D eigenvalue weighted by Crippen LogP contribution is 2.38. The minimum atomic E-state index is -0.395. The van der Waals surface area contributed by atoms with Crippen LogP contribution in [0, 0.1) is 13.8 Å². The number of ether oxygens (including phenoxy) is 2. The topological polar surface area (TPSA) is 67.9 Å². The quantitative estimate of drug-likeness (QED) is 0.642. The summed E-state index contributed by atoms with van der Waals surface area (Å²) in [7, 11) is 0. The molecular formula is C25H20N2O4. The third kappa shape index (κ3) is 3.22. The van der Waals surface area contributed by atoms with Crippen LogP contribution in [0.2, 0.25) is 0 Å². The molecule has 0 atom stereocenters. The van der Waals surface area contributed by atoms with Crippen molar-refractivity contribution in [3.05, 3.63) is 89.1 Å². The van der Waals surface area contributed by atoms with Gasteiger partial charge in [0.1, 0.15) is 5.70 Å². The number of hydrogen-bond donors (Lipinski definition) is 1. The fourth-order valence-corrected chi connectivity index (χ4v) is 3.91. The maximum atomic E-state index is 13.5. The van der Waals surface area contributed by atoms with E-state index in [1.807, 2.05) is 62.4 Å². The summed E-state index contributed by atoms with van der Waals surface area (Å²) in [6, 6.07) is 20.2. The van der Waals surface area contributed by atoms with Crippen LogP contribution in [0.15, 0.2) is 72.4 Å². The van der Waals surface area contributed by atoms with Gasteiger partial charge in [0.2, 0.25) is 6.79 Å². The second-order valence-corrected chi connectivity index (χ2v) is 7.54. The molecule has 0 saturated heterocycles. The van der Waals surface area contributed by atoms with Gasteiger partial charge in [0.15, 0.2) is 11.5 Å². The summed E-state index contributed by atoms with van der Waals surface area (Å²) >= 11 is 0. The molecule has 6 heteroatoms. The predicted octanol–water partition coefficient (Wildman–Crippen LogP) is 4.43. The maximum absolute atomic E-state index is 13.5. The molecule has 2 aliphatic rings. The lowest BCUT2D eigenvalue weighted by molar-refractivity contribution is -0.120. The van der Waals surface area contributed by atoms with Gasteiger partial charge in [0.05, 0.1) is 11.3 Å². The van der Waals surface area contributed by atoms with Crippen molar-refractivity contribution in [3.63, 3.8) is 0 Å². The van der Waals surface area contributed by atoms with Gasteiger partial charge in [-0.25, -0.2) is 4.90 Å². The summed E-state index contributed by atoms with van der Waals surface area (Å²) in [5.41, 5.74) is 4.39. The average Bonchev–Trinajstić information content (AvgIpc) is 3.32. The van der Waals surface area contributed by atoms with E-state index in [-0.39, 0.29) is 18.4 Å². The van der Waals surface area contributed by atoms with Crippen molar-refractivity contribution >= 4 is 28.8 Å². The van der Waals surface area contributed by atoms with E-state index in [9.17, 15) is 9.59 Å². The molecule has 0 unspecified atom stereocenters. The highest BCUT2D eigenvalue weighted by molar-refractivity contribution is 6.46. The zero-order valence-corrected chi connectivity index (χ0v) is 17.1. The molecule has 0 aliphatic carbocycles. The highest BCUT2D eigenvalue weighted by atomic mass is 16.7. The molecule has 2 heterocycles. The van der Waals surface area contributed by atoms with E-state index in [1.165, 1.54) is 4.90 Å². The van der Waals surface area contributed by atoms with Crippen LogP contribution in [0.5, 0.6) is 11.5 Å². The third-order valence-electron chi connectivity index (χ3n) is 5.38. The minimum Gasteiger partial charge on any atom is -0.454 e. The van der Waals surface area contributed by atoms with Crippen molar-refractivity contribution < 1.29 is 19.1 Å². The molecule has 31 heavy (non-hydrogen) atoms. The number of nitrogens with one attached hydrogen (secondary N) is 1. The normalized spacial score (nSPS) is 15.1. The van der Waals surface area contributed by atoms with Crippen molar-refractivity contribution in [2.45, 2.75) is 13.8 Å². The van der Waals surface area contributed by atoms with Gasteiger partial charge in [-0.1, -0.05) is 48.0 Å². The van der Waals surface area contributed by atoms with E-state index >= 15 is 0 Å². The first kappa shape index (κ1) is 18.9. The van der Waals surface area contributed by atoms with Crippen LogP contribution in [0.1, 0.15) is 16.7 Å². The third-order valence-corrected chi connectivity index (χ3v) is 5.38. The standard InChI is InChI=1S/C25H20N2O4/c1-15-8-10-19(16(2)12-15)27-24(28)22(17-6-4-3-5-7-17)23(25(27)29)26-18-9-11-20-21(13-18)31-14-30-20/h3-13,26H,14H2,1-2H3. The number of carbonyl (C=O) groups excluding carboxylic acids is 2. The first-order chi connectivity index (χ1) is 15.0. The van der Waals surface area contributed by atoms with E-state index in [4.69, 9.17) is 9.47 Å². The van der Waals surface area contributed by atoms with Gasteiger partial charge < -0.3 is 14.8 Å². The second-order valence-electron chi connectivity index (χ2n) is 7.54. The van der Waals surface area contributed by atoms with Crippen molar-refractivity contribution in [1.82, 2.24) is 0 Å². The Morgan fingerprint density at radius 2 is 1.61 bits per heavy atom. The summed E-state index contributed by atoms with van der Waals surface area (Å²) in [5, 5.41) is 3.16. The Kier molecular flexibility index (Phi) is 4.47. The van der Waals surface area contributed by atoms with Crippen LogP contribution < -0.4 is 19.7 Å². The summed E-state index contributed by atoms with van der Waals surface area (Å²) in [4.78, 5) is 28.3. The molecule has 2 aliphatic heterocycles. The van der Waals surface area contributed by atoms with Gasteiger partial charge >= 0.3 is 0 Å². The number of anilines is 2. The Bertz CT molecular complexity index is 1250. The Labute approximate surface area is 179 Å². The van der Waals surface area contributed by atoms with Crippen LogP contribution in [0.25, 0.3) is 5.57 Å². The Morgan fingerprint density at radius 1 is 0.839 bits per heavy atom. The molecule has 0 fully saturated rings. The van der Waals surface area contributed by atoms with E-state index in [1.54, 1.807) is 18.2 Å². The minimum absolute atomic E-state index is 0.161. The highest BCUT2D eigenvalue weighted by Gasteiger charge is 2.40. The smallest absolute Gasteiger partial charge is 0.282 e. The van der Waals surface area contributed by atoms with Crippen LogP contribution in [0.3, 0.4) is 0 Å². The Hall–Kier alpha value is -4.06. The number of carbonyl (C=O) groups is 2. The molecule has 6 nitrogen and oxygen atoms in total. The molecule has 3 aromatic carbocycles. The Morgan fingerprint density at radius 3 is 2.39 bits per heavy atom. The van der Waals surface area contributed by atoms with Crippen molar-refractivity contribution in [2.24, 2.45) is 0 Å². The van der Waals surface area contributed by atoms with Crippen LogP contribution >= 0.6 is 0 Å². The molecule has 1 N–H and O–H groups in total. The lowest BCUT2D eigenvalue weighted by Crippen LogP contribution is -2.33. The van der Waals surface area contributed by atoms with Crippen LogP contribution in [-0.2, 0) is 9.59 Å². The average molecular weight is 412 g/mol. The number of hydrogen-bond acceptors (Lipinski definition) is 5. The molecule has 0 spiro atoms. The van der Waals surface area contributed by atoms with E-state index in [0.717, 1.165) is 11.1 Å². The van der Waals surface area contributed by atoms with Gasteiger partial charge in [0.25, 0.3) is 11.8 Å². The summed E-state index contributed by atoms with van der Waals surface area (Å²) < 4.78 is 10.8. The van der Waals surface area contributed by atoms with Gasteiger partial charge in [-0.15, -0.1) is 0 Å². The van der Waals surface area contributed by atoms with Gasteiger partial charge in [-0.3, -0.25) is 9.59 Å². The number of benzene rings is 3. The fraction of sp³-hybridized carbons (Fsp3) is 0.120. The van der Waals surface area contributed by atoms with Gasteiger partial charge in [-0.2, -0.15) is 0 Å². The lowest BCUT2D eigenvalue weighted by atomic mass is 10.0. The number of imide groups is 1. The van der Waals surface area contributed by atoms with Gasteiger partial charge in [-0.05, 0) is 43.2 Å². The number of nitrogens with zero attached hydrogens (tertiary/aromatic N) is 1. The van der Waals surface area contributed by atoms with Crippen LogP contribution in [0.4, 0.5) is 11.4 Å². The van der Waals surface area contributed by atoms with Crippen LogP contribution in [-0.4, -0.2) is 18.6 Å². The summed E-state index contributed by atoms with van der Waals surface area (Å²) in [5.74, 6) is 0.489. The molecule has 0 saturated carbocycles. The van der Waals surface area contributed by atoms with E-state index < -0.39 is 5.91 Å². The number of fused-ring (bicyclic) bond motifs is 1. The summed E-state index contributed by atoms with van der Waals surface area (Å²) in [6.07, 6.45) is 0. The first-order valence-corrected chi connectivity index (χ1v) is 9.95. The Balaban J connectivity index is 1.60. The molecule has 2 amide bonds. The molecule has 0 bridgehead atoms. The first-order valence-electron chi connectivity index (χ1n) is 9.95. The molecule has 0 aromatic heterocycles. The fourth-order valence-electron chi connectivity index (χ4n) is 3.91. The zero-order valence-electron chi connectivity index (χ0n) is 17.1. The van der Waals surface area contributed by atoms with E-state index in [2.05, 4.69) is 5.32 Å². The molecule has 5 rings (SSSR count). The van der Waals surface area contributed by atoms with Gasteiger partial charge in [0, 0.05) is 11.8 Å². The monoisotopic (exact) mass is 412 g/mol. The number of rotatable bonds is 4. The van der Waals surface area contributed by atoms with Crippen molar-refractivity contribution in [2.75, 3.05) is 17.0 Å². The second kappa shape index (κ2) is 7.32. The molecule has 154 valence electrons. The van der Waals surface area contributed by atoms with E-state index in [0.29, 0.717) is 34.0 Å². The zero-order chi connectivity index (χ0) is 21.5. The van der Waals surface area contributed by atoms with Crippen molar-refractivity contribution in [3.8, 4) is 11.5 Å². The molecular weight excluding hydrogens is 392 g/mol. The number of aryl methyl sites for hydroxylation is 2. The largest absolute Gasteiger partial charge is 0.454 e. The SMILES string of the molecule is Cc1ccc(N2C(=O)C(Nc3ccc4c(c3)OCO4)=C(c3ccccc3)C2=O)c(C)c1. The molecule has 0 radical (unpaired) electrons.